The van der Waals surface area contributed by atoms with E-state index < -0.39 is 11.9 Å². The zero-order valence-corrected chi connectivity index (χ0v) is 11.8. The van der Waals surface area contributed by atoms with Crippen molar-refractivity contribution in [3.8, 4) is 6.07 Å². The van der Waals surface area contributed by atoms with Crippen molar-refractivity contribution in [2.45, 2.75) is 19.8 Å². The second kappa shape index (κ2) is 6.71. The Morgan fingerprint density at radius 2 is 2.24 bits per heavy atom. The topological polar surface area (TPSA) is 86.0 Å². The van der Waals surface area contributed by atoms with E-state index in [0.29, 0.717) is 17.8 Å². The maximum atomic E-state index is 11.2. The van der Waals surface area contributed by atoms with Gasteiger partial charge in [-0.25, -0.2) is 4.98 Å². The Hall–Kier alpha value is -2.61. The summed E-state index contributed by atoms with van der Waals surface area (Å²) in [6.07, 6.45) is 1.40. The number of carboxylic acids is 1. The number of nitriles is 1. The molecule has 2 N–H and O–H groups in total. The predicted molar refractivity (Wildman–Crippen MR) is 81.0 cm³/mol. The summed E-state index contributed by atoms with van der Waals surface area (Å²) in [7, 11) is 0. The molecule has 0 bridgehead atoms. The van der Waals surface area contributed by atoms with Crippen LogP contribution >= 0.6 is 0 Å². The SMILES string of the molecule is CCCC(CNc1nc2ccccc2cc1C#N)C(=O)O. The van der Waals surface area contributed by atoms with Crippen LogP contribution in [0.3, 0.4) is 0 Å². The number of nitrogens with zero attached hydrogens (tertiary/aromatic N) is 2. The number of fused-ring (bicyclic) bond motifs is 1. The van der Waals surface area contributed by atoms with Crippen LogP contribution in [-0.2, 0) is 4.79 Å². The van der Waals surface area contributed by atoms with Gasteiger partial charge >= 0.3 is 5.97 Å². The van der Waals surface area contributed by atoms with Gasteiger partial charge in [-0.2, -0.15) is 5.26 Å². The average molecular weight is 283 g/mol. The van der Waals surface area contributed by atoms with Crippen LogP contribution in [0.2, 0.25) is 0 Å². The predicted octanol–water partition coefficient (Wildman–Crippen LogP) is 3.02. The number of carboxylic acid groups (broad SMARTS) is 1. The van der Waals surface area contributed by atoms with E-state index in [1.165, 1.54) is 0 Å². The van der Waals surface area contributed by atoms with E-state index >= 15 is 0 Å². The van der Waals surface area contributed by atoms with Gasteiger partial charge in [0.25, 0.3) is 0 Å². The molecule has 0 saturated heterocycles. The summed E-state index contributed by atoms with van der Waals surface area (Å²) >= 11 is 0. The van der Waals surface area contributed by atoms with Gasteiger partial charge < -0.3 is 10.4 Å². The monoisotopic (exact) mass is 283 g/mol. The maximum Gasteiger partial charge on any atom is 0.308 e. The number of hydrogen-bond donors (Lipinski definition) is 2. The van der Waals surface area contributed by atoms with E-state index in [4.69, 9.17) is 5.11 Å². The molecule has 0 amide bonds. The number of para-hydroxylation sites is 1. The lowest BCUT2D eigenvalue weighted by Crippen LogP contribution is -2.23. The number of pyridine rings is 1. The smallest absolute Gasteiger partial charge is 0.308 e. The summed E-state index contributed by atoms with van der Waals surface area (Å²) in [6.45, 7) is 2.22. The van der Waals surface area contributed by atoms with Crippen LogP contribution < -0.4 is 5.32 Å². The first-order chi connectivity index (χ1) is 10.2. The van der Waals surface area contributed by atoms with Gasteiger partial charge in [-0.1, -0.05) is 31.5 Å². The molecule has 0 fully saturated rings. The Labute approximate surface area is 123 Å². The molecular formula is C16H17N3O2. The van der Waals surface area contributed by atoms with Gasteiger partial charge in [0.2, 0.25) is 0 Å². The highest BCUT2D eigenvalue weighted by molar-refractivity contribution is 5.83. The summed E-state index contributed by atoms with van der Waals surface area (Å²) in [5.41, 5.74) is 1.20. The van der Waals surface area contributed by atoms with Crippen molar-refractivity contribution in [2.75, 3.05) is 11.9 Å². The minimum Gasteiger partial charge on any atom is -0.481 e. The Balaban J connectivity index is 2.25. The van der Waals surface area contributed by atoms with Crippen molar-refractivity contribution in [2.24, 2.45) is 5.92 Å². The first-order valence-electron chi connectivity index (χ1n) is 6.92. The summed E-state index contributed by atoms with van der Waals surface area (Å²) in [4.78, 5) is 15.6. The van der Waals surface area contributed by atoms with Crippen LogP contribution in [0.5, 0.6) is 0 Å². The van der Waals surface area contributed by atoms with Crippen LogP contribution in [0.15, 0.2) is 30.3 Å². The molecule has 1 heterocycles. The lowest BCUT2D eigenvalue weighted by Gasteiger charge is -2.14. The molecule has 5 nitrogen and oxygen atoms in total. The van der Waals surface area contributed by atoms with Gasteiger partial charge in [0.1, 0.15) is 11.9 Å². The quantitative estimate of drug-likeness (QED) is 0.851. The second-order valence-corrected chi connectivity index (χ2v) is 4.89. The number of anilines is 1. The number of carbonyl (C=O) groups is 1. The molecule has 1 aromatic carbocycles. The Kier molecular flexibility index (Phi) is 4.72. The fraction of sp³-hybridized carbons (Fsp3) is 0.312. The maximum absolute atomic E-state index is 11.2. The van der Waals surface area contributed by atoms with Crippen molar-refractivity contribution in [3.63, 3.8) is 0 Å². The highest BCUT2D eigenvalue weighted by Gasteiger charge is 2.17. The van der Waals surface area contributed by atoms with Crippen molar-refractivity contribution >= 4 is 22.7 Å². The largest absolute Gasteiger partial charge is 0.481 e. The highest BCUT2D eigenvalue weighted by Crippen LogP contribution is 2.20. The van der Waals surface area contributed by atoms with Crippen molar-refractivity contribution in [1.82, 2.24) is 4.98 Å². The van der Waals surface area contributed by atoms with Crippen molar-refractivity contribution in [3.05, 3.63) is 35.9 Å². The normalized spacial score (nSPS) is 11.8. The molecule has 0 radical (unpaired) electrons. The summed E-state index contributed by atoms with van der Waals surface area (Å²) < 4.78 is 0. The molecule has 21 heavy (non-hydrogen) atoms. The van der Waals surface area contributed by atoms with Crippen LogP contribution in [0.1, 0.15) is 25.3 Å². The fourth-order valence-corrected chi connectivity index (χ4v) is 2.22. The van der Waals surface area contributed by atoms with E-state index in [2.05, 4.69) is 16.4 Å². The van der Waals surface area contributed by atoms with Crippen LogP contribution in [0.4, 0.5) is 5.82 Å². The number of benzene rings is 1. The molecule has 0 aliphatic rings. The van der Waals surface area contributed by atoms with Gasteiger partial charge in [-0.3, -0.25) is 4.79 Å². The minimum absolute atomic E-state index is 0.267. The number of aromatic nitrogens is 1. The number of rotatable bonds is 6. The first kappa shape index (κ1) is 14.8. The van der Waals surface area contributed by atoms with Crippen LogP contribution in [0, 0.1) is 17.2 Å². The molecule has 1 unspecified atom stereocenters. The molecule has 0 spiro atoms. The molecule has 2 aromatic rings. The molecule has 0 saturated carbocycles. The van der Waals surface area contributed by atoms with Gasteiger partial charge in [-0.15, -0.1) is 0 Å². The van der Waals surface area contributed by atoms with Gasteiger partial charge in [0.05, 0.1) is 17.0 Å². The van der Waals surface area contributed by atoms with E-state index in [0.717, 1.165) is 17.3 Å². The first-order valence-corrected chi connectivity index (χ1v) is 6.92. The minimum atomic E-state index is -0.830. The molecule has 5 heteroatoms. The molecular weight excluding hydrogens is 266 g/mol. The van der Waals surface area contributed by atoms with E-state index in [1.54, 1.807) is 6.07 Å². The summed E-state index contributed by atoms with van der Waals surface area (Å²) in [5, 5.41) is 22.3. The second-order valence-electron chi connectivity index (χ2n) is 4.89. The standard InChI is InChI=1S/C16H17N3O2/c1-2-5-12(16(20)21)10-18-15-13(9-17)8-11-6-3-4-7-14(11)19-15/h3-4,6-8,12H,2,5,10H2,1H3,(H,18,19)(H,20,21). The average Bonchev–Trinajstić information content (AvgIpc) is 2.50. The third-order valence-corrected chi connectivity index (χ3v) is 3.35. The van der Waals surface area contributed by atoms with Gasteiger partial charge in [0, 0.05) is 11.9 Å². The lowest BCUT2D eigenvalue weighted by molar-refractivity contribution is -0.141. The lowest BCUT2D eigenvalue weighted by atomic mass is 10.0. The highest BCUT2D eigenvalue weighted by atomic mass is 16.4. The molecule has 1 aromatic heterocycles. The van der Waals surface area contributed by atoms with Crippen LogP contribution in [-0.4, -0.2) is 22.6 Å². The third kappa shape index (κ3) is 3.48. The molecule has 0 aliphatic heterocycles. The van der Waals surface area contributed by atoms with Crippen LogP contribution in [0.25, 0.3) is 10.9 Å². The molecule has 0 aliphatic carbocycles. The Bertz CT molecular complexity index is 691. The van der Waals surface area contributed by atoms with E-state index in [-0.39, 0.29) is 6.54 Å². The number of nitrogens with one attached hydrogen (secondary N) is 1. The van der Waals surface area contributed by atoms with Crippen molar-refractivity contribution in [1.29, 1.82) is 5.26 Å². The van der Waals surface area contributed by atoms with E-state index in [1.807, 2.05) is 31.2 Å². The van der Waals surface area contributed by atoms with Crippen molar-refractivity contribution < 1.29 is 9.90 Å². The number of aliphatic carboxylic acids is 1. The fourth-order valence-electron chi connectivity index (χ4n) is 2.22. The molecule has 1 atom stereocenters. The van der Waals surface area contributed by atoms with E-state index in [9.17, 15) is 10.1 Å². The number of hydrogen-bond acceptors (Lipinski definition) is 4. The third-order valence-electron chi connectivity index (χ3n) is 3.35. The molecule has 2 rings (SSSR count). The zero-order chi connectivity index (χ0) is 15.2. The zero-order valence-electron chi connectivity index (χ0n) is 11.8. The Morgan fingerprint density at radius 3 is 2.90 bits per heavy atom. The Morgan fingerprint density at radius 1 is 1.48 bits per heavy atom. The van der Waals surface area contributed by atoms with Gasteiger partial charge in [0.15, 0.2) is 0 Å². The summed E-state index contributed by atoms with van der Waals surface area (Å²) in [5.74, 6) is -0.864. The van der Waals surface area contributed by atoms with Gasteiger partial charge in [-0.05, 0) is 18.6 Å². The molecule has 108 valence electrons. The summed E-state index contributed by atoms with van der Waals surface area (Å²) in [6, 6.07) is 11.4.